The number of aromatic nitrogens is 2. The Morgan fingerprint density at radius 1 is 1.18 bits per heavy atom. The standard InChI is InChI=1S/C24H27N3O/c1-3-5-8-18-11-13-20(14-12-18)27-17-19(16-23(27)28)24-25-21-9-6-7-10-22(21)26(24)15-4-2/h4,6-7,9-14,19H,2-3,5,8,15-17H2,1H3. The van der Waals surface area contributed by atoms with E-state index in [0.29, 0.717) is 19.5 Å². The molecule has 1 amide bonds. The van der Waals surface area contributed by atoms with Crippen molar-refractivity contribution in [3.05, 3.63) is 72.6 Å². The third-order valence-corrected chi connectivity index (χ3v) is 5.55. The number of aryl methyl sites for hydroxylation is 1. The first-order valence-electron chi connectivity index (χ1n) is 10.2. The third-order valence-electron chi connectivity index (χ3n) is 5.55. The number of carbonyl (C=O) groups excluding carboxylic acids is 1. The fraction of sp³-hybridized carbons (Fsp3) is 0.333. The summed E-state index contributed by atoms with van der Waals surface area (Å²) in [4.78, 5) is 19.5. The van der Waals surface area contributed by atoms with Gasteiger partial charge in [0.2, 0.25) is 5.91 Å². The molecule has 3 aromatic rings. The van der Waals surface area contributed by atoms with E-state index in [0.717, 1.165) is 29.0 Å². The highest BCUT2D eigenvalue weighted by molar-refractivity contribution is 5.96. The molecule has 1 saturated heterocycles. The number of benzene rings is 2. The second-order valence-electron chi connectivity index (χ2n) is 7.53. The Labute approximate surface area is 166 Å². The molecular weight excluding hydrogens is 346 g/mol. The van der Waals surface area contributed by atoms with Gasteiger partial charge in [0, 0.05) is 31.1 Å². The molecule has 4 rings (SSSR count). The minimum atomic E-state index is 0.0969. The Bertz CT molecular complexity index is 987. The Morgan fingerprint density at radius 2 is 1.96 bits per heavy atom. The highest BCUT2D eigenvalue weighted by Gasteiger charge is 2.34. The Hall–Kier alpha value is -2.88. The third kappa shape index (κ3) is 3.47. The van der Waals surface area contributed by atoms with Gasteiger partial charge in [-0.1, -0.05) is 43.7 Å². The van der Waals surface area contributed by atoms with Crippen LogP contribution in [0.3, 0.4) is 0 Å². The van der Waals surface area contributed by atoms with Crippen molar-refractivity contribution in [3.63, 3.8) is 0 Å². The van der Waals surface area contributed by atoms with Gasteiger partial charge < -0.3 is 9.47 Å². The molecule has 0 spiro atoms. The van der Waals surface area contributed by atoms with Crippen LogP contribution in [0, 0.1) is 0 Å². The van der Waals surface area contributed by atoms with Crippen LogP contribution in [0.4, 0.5) is 5.69 Å². The molecule has 0 bridgehead atoms. The van der Waals surface area contributed by atoms with Crippen molar-refractivity contribution in [2.45, 2.75) is 45.1 Å². The number of imidazole rings is 1. The van der Waals surface area contributed by atoms with E-state index in [-0.39, 0.29) is 11.8 Å². The molecule has 0 radical (unpaired) electrons. The number of hydrogen-bond donors (Lipinski definition) is 0. The minimum absolute atomic E-state index is 0.0969. The van der Waals surface area contributed by atoms with E-state index in [1.807, 2.05) is 29.2 Å². The number of rotatable bonds is 7. The lowest BCUT2D eigenvalue weighted by molar-refractivity contribution is -0.117. The number of carbonyl (C=O) groups is 1. The van der Waals surface area contributed by atoms with Crippen LogP contribution in [-0.4, -0.2) is 22.0 Å². The molecule has 4 heteroatoms. The summed E-state index contributed by atoms with van der Waals surface area (Å²) in [6.07, 6.45) is 5.88. The van der Waals surface area contributed by atoms with Crippen LogP contribution in [0.2, 0.25) is 0 Å². The number of nitrogens with zero attached hydrogens (tertiary/aromatic N) is 3. The predicted molar refractivity (Wildman–Crippen MR) is 115 cm³/mol. The average Bonchev–Trinajstić information content (AvgIpc) is 3.28. The molecule has 0 saturated carbocycles. The summed E-state index contributed by atoms with van der Waals surface area (Å²) < 4.78 is 2.19. The van der Waals surface area contributed by atoms with Gasteiger partial charge in [-0.3, -0.25) is 4.79 Å². The zero-order valence-corrected chi connectivity index (χ0v) is 16.5. The fourth-order valence-electron chi connectivity index (χ4n) is 4.08. The van der Waals surface area contributed by atoms with E-state index in [2.05, 4.69) is 48.4 Å². The maximum absolute atomic E-state index is 12.8. The maximum Gasteiger partial charge on any atom is 0.227 e. The molecular formula is C24H27N3O. The van der Waals surface area contributed by atoms with Crippen LogP contribution in [0.25, 0.3) is 11.0 Å². The first kappa shape index (κ1) is 18.5. The van der Waals surface area contributed by atoms with E-state index in [1.54, 1.807) is 0 Å². The van der Waals surface area contributed by atoms with Crippen LogP contribution in [0.5, 0.6) is 0 Å². The van der Waals surface area contributed by atoms with Gasteiger partial charge in [-0.2, -0.15) is 0 Å². The largest absolute Gasteiger partial charge is 0.324 e. The molecule has 1 unspecified atom stereocenters. The topological polar surface area (TPSA) is 38.1 Å². The van der Waals surface area contributed by atoms with Gasteiger partial charge in [0.1, 0.15) is 5.82 Å². The van der Waals surface area contributed by atoms with Gasteiger partial charge in [-0.25, -0.2) is 4.98 Å². The van der Waals surface area contributed by atoms with E-state index < -0.39 is 0 Å². The van der Waals surface area contributed by atoms with Crippen LogP contribution in [0.1, 0.15) is 43.5 Å². The molecule has 2 aromatic carbocycles. The quantitative estimate of drug-likeness (QED) is 0.541. The number of allylic oxidation sites excluding steroid dienone is 1. The van der Waals surface area contributed by atoms with Gasteiger partial charge in [0.15, 0.2) is 0 Å². The predicted octanol–water partition coefficient (Wildman–Crippen LogP) is 5.09. The molecule has 144 valence electrons. The van der Waals surface area contributed by atoms with Gasteiger partial charge in [0.05, 0.1) is 11.0 Å². The first-order valence-corrected chi connectivity index (χ1v) is 10.2. The molecule has 1 atom stereocenters. The molecule has 28 heavy (non-hydrogen) atoms. The minimum Gasteiger partial charge on any atom is -0.324 e. The molecule has 1 aliphatic heterocycles. The molecule has 1 fully saturated rings. The van der Waals surface area contributed by atoms with Crippen LogP contribution < -0.4 is 4.90 Å². The second kappa shape index (κ2) is 8.01. The maximum atomic E-state index is 12.8. The number of fused-ring (bicyclic) bond motifs is 1. The second-order valence-corrected chi connectivity index (χ2v) is 7.53. The molecule has 1 aliphatic rings. The van der Waals surface area contributed by atoms with E-state index in [4.69, 9.17) is 4.98 Å². The molecule has 1 aromatic heterocycles. The summed E-state index contributed by atoms with van der Waals surface area (Å²) in [6, 6.07) is 16.6. The molecule has 4 nitrogen and oxygen atoms in total. The van der Waals surface area contributed by atoms with Crippen molar-refractivity contribution in [1.82, 2.24) is 9.55 Å². The van der Waals surface area contributed by atoms with Crippen molar-refractivity contribution in [2.24, 2.45) is 0 Å². The van der Waals surface area contributed by atoms with Crippen molar-refractivity contribution in [3.8, 4) is 0 Å². The number of hydrogen-bond acceptors (Lipinski definition) is 2. The van der Waals surface area contributed by atoms with Gasteiger partial charge in [0.25, 0.3) is 0 Å². The lowest BCUT2D eigenvalue weighted by atomic mass is 10.1. The van der Waals surface area contributed by atoms with E-state index >= 15 is 0 Å². The SMILES string of the molecule is C=CCn1c(C2CC(=O)N(c3ccc(CCCC)cc3)C2)nc2ccccc21. The zero-order chi connectivity index (χ0) is 19.5. The summed E-state index contributed by atoms with van der Waals surface area (Å²) in [6.45, 7) is 7.47. The van der Waals surface area contributed by atoms with Crippen molar-refractivity contribution in [2.75, 3.05) is 11.4 Å². The number of anilines is 1. The summed E-state index contributed by atoms with van der Waals surface area (Å²) in [7, 11) is 0. The highest BCUT2D eigenvalue weighted by atomic mass is 16.2. The lowest BCUT2D eigenvalue weighted by Crippen LogP contribution is -2.24. The van der Waals surface area contributed by atoms with Crippen LogP contribution in [0.15, 0.2) is 61.2 Å². The zero-order valence-electron chi connectivity index (χ0n) is 16.5. The molecule has 2 heterocycles. The van der Waals surface area contributed by atoms with E-state index in [9.17, 15) is 4.79 Å². The summed E-state index contributed by atoms with van der Waals surface area (Å²) in [5, 5.41) is 0. The van der Waals surface area contributed by atoms with Gasteiger partial charge in [-0.15, -0.1) is 6.58 Å². The summed E-state index contributed by atoms with van der Waals surface area (Å²) in [5.41, 5.74) is 4.40. The van der Waals surface area contributed by atoms with E-state index in [1.165, 1.54) is 18.4 Å². The van der Waals surface area contributed by atoms with Crippen LogP contribution in [-0.2, 0) is 17.8 Å². The van der Waals surface area contributed by atoms with Crippen molar-refractivity contribution >= 4 is 22.6 Å². The number of unbranched alkanes of at least 4 members (excludes halogenated alkanes) is 1. The molecule has 0 N–H and O–H groups in total. The highest BCUT2D eigenvalue weighted by Crippen LogP contribution is 2.33. The average molecular weight is 374 g/mol. The lowest BCUT2D eigenvalue weighted by Gasteiger charge is -2.17. The summed E-state index contributed by atoms with van der Waals surface area (Å²) >= 11 is 0. The fourth-order valence-corrected chi connectivity index (χ4v) is 4.08. The normalized spacial score (nSPS) is 16.8. The van der Waals surface area contributed by atoms with Crippen molar-refractivity contribution < 1.29 is 4.79 Å². The Kier molecular flexibility index (Phi) is 5.29. The number of para-hydroxylation sites is 2. The Morgan fingerprint density at radius 3 is 2.71 bits per heavy atom. The smallest absolute Gasteiger partial charge is 0.227 e. The first-order chi connectivity index (χ1) is 13.7. The van der Waals surface area contributed by atoms with Crippen molar-refractivity contribution in [1.29, 1.82) is 0 Å². The Balaban J connectivity index is 1.59. The van der Waals surface area contributed by atoms with Gasteiger partial charge >= 0.3 is 0 Å². The van der Waals surface area contributed by atoms with Gasteiger partial charge in [-0.05, 0) is 42.7 Å². The number of amides is 1. The monoisotopic (exact) mass is 373 g/mol. The molecule has 0 aliphatic carbocycles. The summed E-state index contributed by atoms with van der Waals surface area (Å²) in [5.74, 6) is 1.25. The van der Waals surface area contributed by atoms with Crippen LogP contribution >= 0.6 is 0 Å².